The molecule has 9 nitrogen and oxygen atoms in total. The van der Waals surface area contributed by atoms with Gasteiger partial charge in [0.1, 0.15) is 42.9 Å². The molecule has 0 saturated heterocycles. The first kappa shape index (κ1) is 20.2. The Morgan fingerprint density at radius 2 is 2.00 bits per heavy atom. The quantitative estimate of drug-likeness (QED) is 0.258. The number of hydrogen-bond donors (Lipinski definition) is 1. The van der Waals surface area contributed by atoms with Crippen LogP contribution in [0.3, 0.4) is 0 Å². The molecule has 0 spiro atoms. The van der Waals surface area contributed by atoms with Crippen LogP contribution in [-0.2, 0) is 4.79 Å². The van der Waals surface area contributed by atoms with Crippen molar-refractivity contribution in [3.05, 3.63) is 57.6 Å². The average molecular weight is 405 g/mol. The summed E-state index contributed by atoms with van der Waals surface area (Å²) in [7, 11) is 0. The first-order chi connectivity index (χ1) is 14.5. The van der Waals surface area contributed by atoms with Crippen molar-refractivity contribution in [2.24, 2.45) is 0 Å². The van der Waals surface area contributed by atoms with Crippen LogP contribution in [0.2, 0.25) is 0 Å². The van der Waals surface area contributed by atoms with Gasteiger partial charge in [0, 0.05) is 11.6 Å². The molecule has 0 atom stereocenters. The molecule has 30 heavy (non-hydrogen) atoms. The molecule has 1 N–H and O–H groups in total. The van der Waals surface area contributed by atoms with Crippen molar-refractivity contribution in [2.45, 2.75) is 0 Å². The predicted octanol–water partition coefficient (Wildman–Crippen LogP) is 2.92. The smallest absolute Gasteiger partial charge is 0.296 e. The summed E-state index contributed by atoms with van der Waals surface area (Å²) >= 11 is 0. The van der Waals surface area contributed by atoms with Gasteiger partial charge in [-0.3, -0.25) is 14.9 Å². The monoisotopic (exact) mass is 405 g/mol. The normalized spacial score (nSPS) is 12.3. The van der Waals surface area contributed by atoms with Crippen LogP contribution in [0.15, 0.2) is 42.0 Å². The van der Waals surface area contributed by atoms with Crippen molar-refractivity contribution in [3.8, 4) is 35.7 Å². The Morgan fingerprint density at radius 3 is 2.67 bits per heavy atom. The molecule has 2 aromatic carbocycles. The number of amides is 1. The summed E-state index contributed by atoms with van der Waals surface area (Å²) in [5.74, 6) is 2.37. The molecule has 0 bridgehead atoms. The molecule has 1 aliphatic rings. The first-order valence-corrected chi connectivity index (χ1v) is 8.70. The number of carbonyl (C=O) groups is 1. The second-order valence-electron chi connectivity index (χ2n) is 5.92. The molecule has 150 valence electrons. The van der Waals surface area contributed by atoms with Gasteiger partial charge in [0.2, 0.25) is 0 Å². The van der Waals surface area contributed by atoms with Gasteiger partial charge in [-0.05, 0) is 12.1 Å². The maximum atomic E-state index is 12.6. The predicted molar refractivity (Wildman–Crippen MR) is 107 cm³/mol. The summed E-state index contributed by atoms with van der Waals surface area (Å²) < 4.78 is 16.1. The molecule has 3 rings (SSSR count). The van der Waals surface area contributed by atoms with Crippen molar-refractivity contribution >= 4 is 23.4 Å². The van der Waals surface area contributed by atoms with Gasteiger partial charge in [-0.15, -0.1) is 6.42 Å². The zero-order valence-corrected chi connectivity index (χ0v) is 15.6. The van der Waals surface area contributed by atoms with E-state index in [1.54, 1.807) is 30.3 Å². The molecule has 9 heteroatoms. The van der Waals surface area contributed by atoms with E-state index in [-0.39, 0.29) is 48.3 Å². The molecular weight excluding hydrogens is 390 g/mol. The largest absolute Gasteiger partial charge is 0.486 e. The number of nitro groups is 1. The van der Waals surface area contributed by atoms with Crippen LogP contribution >= 0.6 is 0 Å². The summed E-state index contributed by atoms with van der Waals surface area (Å²) in [5, 5.41) is 23.2. The molecular formula is C21H15N3O6. The summed E-state index contributed by atoms with van der Waals surface area (Å²) in [6.45, 7) is 0.552. The zero-order valence-electron chi connectivity index (χ0n) is 15.6. The van der Waals surface area contributed by atoms with Crippen molar-refractivity contribution in [2.75, 3.05) is 25.1 Å². The number of rotatable bonds is 6. The minimum absolute atomic E-state index is 0.0162. The van der Waals surface area contributed by atoms with E-state index in [1.165, 1.54) is 18.2 Å². The minimum atomic E-state index is -0.830. The molecule has 1 amide bonds. The Balaban J connectivity index is 1.91. The molecule has 0 unspecified atom stereocenters. The van der Waals surface area contributed by atoms with Crippen LogP contribution in [0.5, 0.6) is 17.2 Å². The molecule has 0 saturated carbocycles. The third-order valence-corrected chi connectivity index (χ3v) is 4.00. The van der Waals surface area contributed by atoms with Gasteiger partial charge < -0.3 is 19.5 Å². The van der Waals surface area contributed by atoms with E-state index in [0.29, 0.717) is 11.3 Å². The Kier molecular flexibility index (Phi) is 6.16. The van der Waals surface area contributed by atoms with Crippen LogP contribution in [0.4, 0.5) is 11.4 Å². The molecule has 1 aliphatic heterocycles. The summed E-state index contributed by atoms with van der Waals surface area (Å²) in [4.78, 5) is 23.4. The topological polar surface area (TPSA) is 124 Å². The maximum Gasteiger partial charge on any atom is 0.296 e. The fraction of sp³-hybridized carbons (Fsp3) is 0.143. The van der Waals surface area contributed by atoms with Gasteiger partial charge in [-0.1, -0.05) is 24.1 Å². The number of carbonyl (C=O) groups excluding carboxylic acids is 1. The standard InChI is InChI=1S/C21H15N3O6/c1-2-7-28-18-6-4-3-5-14(18)10-15(13-22)21(25)23-16-11-19-20(30-9-8-29-19)12-17(16)24(26)27/h1,3-6,10-12H,7-9H2,(H,23,25)/b15-10+. The van der Waals surface area contributed by atoms with Crippen LogP contribution in [0.25, 0.3) is 6.08 Å². The molecule has 1 heterocycles. The van der Waals surface area contributed by atoms with E-state index in [9.17, 15) is 20.2 Å². The lowest BCUT2D eigenvalue weighted by Crippen LogP contribution is -2.18. The third kappa shape index (κ3) is 4.49. The SMILES string of the molecule is C#CCOc1ccccc1/C=C(\C#N)C(=O)Nc1cc2c(cc1[N+](=O)[O-])OCCO2. The van der Waals surface area contributed by atoms with Gasteiger partial charge in [-0.25, -0.2) is 0 Å². The molecule has 0 aromatic heterocycles. The number of nitro benzene ring substituents is 1. The van der Waals surface area contributed by atoms with E-state index in [4.69, 9.17) is 20.6 Å². The number of nitriles is 1. The van der Waals surface area contributed by atoms with Crippen LogP contribution in [-0.4, -0.2) is 30.7 Å². The second-order valence-corrected chi connectivity index (χ2v) is 5.92. The summed E-state index contributed by atoms with van der Waals surface area (Å²) in [6, 6.07) is 11.0. The number of nitrogens with zero attached hydrogens (tertiary/aromatic N) is 2. The molecule has 0 aliphatic carbocycles. The first-order valence-electron chi connectivity index (χ1n) is 8.70. The van der Waals surface area contributed by atoms with Gasteiger partial charge in [0.25, 0.3) is 11.6 Å². The van der Waals surface area contributed by atoms with Crippen LogP contribution in [0, 0.1) is 33.8 Å². The van der Waals surface area contributed by atoms with E-state index in [1.807, 2.05) is 0 Å². The lowest BCUT2D eigenvalue weighted by atomic mass is 10.1. The maximum absolute atomic E-state index is 12.6. The average Bonchev–Trinajstić information content (AvgIpc) is 2.75. The zero-order chi connectivity index (χ0) is 21.5. The van der Waals surface area contributed by atoms with Crippen LogP contribution in [0.1, 0.15) is 5.56 Å². The van der Waals surface area contributed by atoms with Crippen LogP contribution < -0.4 is 19.5 Å². The third-order valence-electron chi connectivity index (χ3n) is 4.00. The van der Waals surface area contributed by atoms with E-state index in [0.717, 1.165) is 0 Å². The highest BCUT2D eigenvalue weighted by Crippen LogP contribution is 2.39. The summed E-state index contributed by atoms with van der Waals surface area (Å²) in [5.41, 5.74) is -0.332. The minimum Gasteiger partial charge on any atom is -0.486 e. The molecule has 2 aromatic rings. The number of anilines is 1. The Labute approximate surface area is 171 Å². The van der Waals surface area contributed by atoms with E-state index < -0.39 is 10.8 Å². The number of para-hydroxylation sites is 1. The second kappa shape index (κ2) is 9.13. The number of terminal acetylenes is 1. The number of fused-ring (bicyclic) bond motifs is 1. The van der Waals surface area contributed by atoms with Gasteiger partial charge in [0.05, 0.1) is 11.0 Å². The van der Waals surface area contributed by atoms with Gasteiger partial charge >= 0.3 is 0 Å². The molecule has 0 radical (unpaired) electrons. The van der Waals surface area contributed by atoms with Crippen molar-refractivity contribution in [1.29, 1.82) is 5.26 Å². The Hall–Kier alpha value is -4.50. The highest BCUT2D eigenvalue weighted by atomic mass is 16.6. The lowest BCUT2D eigenvalue weighted by molar-refractivity contribution is -0.384. The number of nitrogens with one attached hydrogen (secondary N) is 1. The lowest BCUT2D eigenvalue weighted by Gasteiger charge is -2.19. The number of benzene rings is 2. The number of hydrogen-bond acceptors (Lipinski definition) is 7. The highest BCUT2D eigenvalue weighted by Gasteiger charge is 2.24. The fourth-order valence-electron chi connectivity index (χ4n) is 2.67. The molecule has 0 fully saturated rings. The van der Waals surface area contributed by atoms with E-state index >= 15 is 0 Å². The van der Waals surface area contributed by atoms with Gasteiger partial charge in [-0.2, -0.15) is 5.26 Å². The Morgan fingerprint density at radius 1 is 1.30 bits per heavy atom. The van der Waals surface area contributed by atoms with Gasteiger partial charge in [0.15, 0.2) is 11.5 Å². The fourth-order valence-corrected chi connectivity index (χ4v) is 2.67. The van der Waals surface area contributed by atoms with Crippen molar-refractivity contribution in [3.63, 3.8) is 0 Å². The van der Waals surface area contributed by atoms with Crippen molar-refractivity contribution < 1.29 is 23.9 Å². The number of ether oxygens (including phenoxy) is 3. The van der Waals surface area contributed by atoms with Crippen molar-refractivity contribution in [1.82, 2.24) is 0 Å². The van der Waals surface area contributed by atoms with E-state index in [2.05, 4.69) is 11.2 Å². The highest BCUT2D eigenvalue weighted by molar-refractivity contribution is 6.10. The Bertz CT molecular complexity index is 1110. The summed E-state index contributed by atoms with van der Waals surface area (Å²) in [6.07, 6.45) is 6.50.